The van der Waals surface area contributed by atoms with Gasteiger partial charge in [-0.3, -0.25) is 9.89 Å². The minimum atomic E-state index is 0. The van der Waals surface area contributed by atoms with Crippen LogP contribution in [-0.4, -0.2) is 49.1 Å². The van der Waals surface area contributed by atoms with E-state index in [2.05, 4.69) is 75.2 Å². The number of rotatable bonds is 8. The Morgan fingerprint density at radius 3 is 2.62 bits per heavy atom. The number of nitrogens with zero attached hydrogens (tertiary/aromatic N) is 3. The molecule has 0 aliphatic heterocycles. The van der Waals surface area contributed by atoms with E-state index in [4.69, 9.17) is 0 Å². The van der Waals surface area contributed by atoms with E-state index in [-0.39, 0.29) is 24.0 Å². The largest absolute Gasteiger partial charge is 0.356 e. The second-order valence-corrected chi connectivity index (χ2v) is 7.30. The fourth-order valence-corrected chi connectivity index (χ4v) is 3.13. The van der Waals surface area contributed by atoms with Gasteiger partial charge < -0.3 is 10.6 Å². The number of halogens is 1. The molecule has 2 aromatic rings. The first-order chi connectivity index (χ1) is 12.1. The Morgan fingerprint density at radius 1 is 1.27 bits per heavy atom. The van der Waals surface area contributed by atoms with E-state index in [1.807, 2.05) is 6.92 Å². The number of aryl methyl sites for hydroxylation is 1. The fourth-order valence-electron chi connectivity index (χ4n) is 2.48. The molecule has 26 heavy (non-hydrogen) atoms. The lowest BCUT2D eigenvalue weighted by molar-refractivity contribution is 0.249. The van der Waals surface area contributed by atoms with Crippen molar-refractivity contribution in [2.75, 3.05) is 27.2 Å². The van der Waals surface area contributed by atoms with Crippen molar-refractivity contribution >= 4 is 41.3 Å². The van der Waals surface area contributed by atoms with Crippen LogP contribution in [0, 0.1) is 6.92 Å². The van der Waals surface area contributed by atoms with Gasteiger partial charge in [0.2, 0.25) is 0 Å². The molecule has 0 aliphatic carbocycles. The van der Waals surface area contributed by atoms with Gasteiger partial charge >= 0.3 is 0 Å². The molecule has 0 amide bonds. The lowest BCUT2D eigenvalue weighted by Crippen LogP contribution is -2.45. The molecule has 1 aromatic heterocycles. The first-order valence-electron chi connectivity index (χ1n) is 8.68. The van der Waals surface area contributed by atoms with Crippen molar-refractivity contribution in [3.8, 4) is 0 Å². The highest BCUT2D eigenvalue weighted by Crippen LogP contribution is 2.08. The van der Waals surface area contributed by atoms with Crippen molar-refractivity contribution < 1.29 is 0 Å². The highest BCUT2D eigenvalue weighted by atomic mass is 127. The topological polar surface area (TPSA) is 52.6 Å². The Bertz CT molecular complexity index is 659. The molecule has 0 spiro atoms. The van der Waals surface area contributed by atoms with Crippen molar-refractivity contribution in [3.05, 3.63) is 52.0 Å². The molecule has 144 valence electrons. The first kappa shape index (κ1) is 22.9. The Labute approximate surface area is 178 Å². The molecule has 7 heteroatoms. The van der Waals surface area contributed by atoms with Gasteiger partial charge in [0.05, 0.1) is 10.7 Å². The van der Waals surface area contributed by atoms with E-state index < -0.39 is 0 Å². The van der Waals surface area contributed by atoms with Crippen LogP contribution >= 0.6 is 35.3 Å². The monoisotopic (exact) mass is 487 g/mol. The summed E-state index contributed by atoms with van der Waals surface area (Å²) in [5, 5.41) is 10.0. The molecule has 1 unspecified atom stereocenters. The summed E-state index contributed by atoms with van der Waals surface area (Å²) in [5.74, 6) is 0.840. The average Bonchev–Trinajstić information content (AvgIpc) is 3.03. The summed E-state index contributed by atoms with van der Waals surface area (Å²) in [7, 11) is 3.96. The quantitative estimate of drug-likeness (QED) is 0.341. The number of aliphatic imine (C=N–C) groups is 1. The number of aromatic nitrogens is 1. The fraction of sp³-hybridized carbons (Fsp3) is 0.474. The SMILES string of the molecule is CN=C(NCCc1csc(C)n1)NCC(C)N(C)Cc1ccccc1.I. The second-order valence-electron chi connectivity index (χ2n) is 6.24. The molecular formula is C19H30IN5S. The lowest BCUT2D eigenvalue weighted by Gasteiger charge is -2.25. The number of hydrogen-bond acceptors (Lipinski definition) is 4. The number of likely N-dealkylation sites (N-methyl/N-ethyl adjacent to an activating group) is 1. The summed E-state index contributed by atoms with van der Waals surface area (Å²) in [4.78, 5) is 11.1. The zero-order valence-corrected chi connectivity index (χ0v) is 19.2. The predicted octanol–water partition coefficient (Wildman–Crippen LogP) is 3.30. The number of hydrogen-bond donors (Lipinski definition) is 2. The van der Waals surface area contributed by atoms with Gasteiger partial charge in [-0.15, -0.1) is 35.3 Å². The van der Waals surface area contributed by atoms with Crippen LogP contribution in [0.3, 0.4) is 0 Å². The van der Waals surface area contributed by atoms with Gasteiger partial charge in [-0.05, 0) is 26.5 Å². The van der Waals surface area contributed by atoms with Crippen molar-refractivity contribution in [3.63, 3.8) is 0 Å². The summed E-state index contributed by atoms with van der Waals surface area (Å²) in [6, 6.07) is 11.0. The van der Waals surface area contributed by atoms with Crippen LogP contribution in [0.25, 0.3) is 0 Å². The smallest absolute Gasteiger partial charge is 0.191 e. The average molecular weight is 487 g/mol. The normalized spacial score (nSPS) is 12.6. The van der Waals surface area contributed by atoms with E-state index in [0.717, 1.165) is 42.7 Å². The van der Waals surface area contributed by atoms with Crippen molar-refractivity contribution in [1.29, 1.82) is 0 Å². The molecule has 2 rings (SSSR count). The minimum Gasteiger partial charge on any atom is -0.356 e. The van der Waals surface area contributed by atoms with Gasteiger partial charge in [0.1, 0.15) is 0 Å². The highest BCUT2D eigenvalue weighted by molar-refractivity contribution is 14.0. The van der Waals surface area contributed by atoms with Crippen LogP contribution in [-0.2, 0) is 13.0 Å². The Morgan fingerprint density at radius 2 is 2.00 bits per heavy atom. The van der Waals surface area contributed by atoms with Crippen LogP contribution in [0.5, 0.6) is 0 Å². The number of nitrogens with one attached hydrogen (secondary N) is 2. The van der Waals surface area contributed by atoms with E-state index in [1.165, 1.54) is 5.56 Å². The van der Waals surface area contributed by atoms with Gasteiger partial charge in [-0.2, -0.15) is 0 Å². The third kappa shape index (κ3) is 8.01. The lowest BCUT2D eigenvalue weighted by atomic mass is 10.2. The molecule has 1 atom stereocenters. The summed E-state index contributed by atoms with van der Waals surface area (Å²) < 4.78 is 0. The maximum absolute atomic E-state index is 4.48. The molecule has 5 nitrogen and oxygen atoms in total. The van der Waals surface area contributed by atoms with E-state index in [1.54, 1.807) is 18.4 Å². The molecule has 0 saturated carbocycles. The summed E-state index contributed by atoms with van der Waals surface area (Å²) >= 11 is 1.70. The third-order valence-electron chi connectivity index (χ3n) is 4.16. The predicted molar refractivity (Wildman–Crippen MR) is 123 cm³/mol. The number of guanidine groups is 1. The highest BCUT2D eigenvalue weighted by Gasteiger charge is 2.10. The molecule has 1 aromatic carbocycles. The standard InChI is InChI=1S/C19H29N5S.HI/c1-15(24(4)13-17-8-6-5-7-9-17)12-22-19(20-3)21-11-10-18-14-25-16(2)23-18;/h5-9,14-15H,10-13H2,1-4H3,(H2,20,21,22);1H. The van der Waals surface area contributed by atoms with Crippen molar-refractivity contribution in [2.45, 2.75) is 32.9 Å². The summed E-state index contributed by atoms with van der Waals surface area (Å²) in [5.41, 5.74) is 2.47. The third-order valence-corrected chi connectivity index (χ3v) is 4.98. The van der Waals surface area contributed by atoms with E-state index >= 15 is 0 Å². The van der Waals surface area contributed by atoms with Crippen LogP contribution < -0.4 is 10.6 Å². The van der Waals surface area contributed by atoms with Crippen LogP contribution in [0.15, 0.2) is 40.7 Å². The van der Waals surface area contributed by atoms with Crippen LogP contribution in [0.1, 0.15) is 23.2 Å². The van der Waals surface area contributed by atoms with E-state index in [0.29, 0.717) is 6.04 Å². The van der Waals surface area contributed by atoms with Gasteiger partial charge in [0, 0.05) is 44.5 Å². The summed E-state index contributed by atoms with van der Waals surface area (Å²) in [6.45, 7) is 6.88. The van der Waals surface area contributed by atoms with Gasteiger partial charge in [0.15, 0.2) is 5.96 Å². The van der Waals surface area contributed by atoms with Gasteiger partial charge in [0.25, 0.3) is 0 Å². The molecule has 0 fully saturated rings. The van der Waals surface area contributed by atoms with Crippen molar-refractivity contribution in [1.82, 2.24) is 20.5 Å². The van der Waals surface area contributed by atoms with Crippen LogP contribution in [0.4, 0.5) is 0 Å². The molecule has 0 radical (unpaired) electrons. The van der Waals surface area contributed by atoms with Crippen molar-refractivity contribution in [2.24, 2.45) is 4.99 Å². The maximum atomic E-state index is 4.48. The zero-order valence-electron chi connectivity index (χ0n) is 16.0. The molecule has 0 saturated heterocycles. The molecule has 1 heterocycles. The minimum absolute atomic E-state index is 0. The molecule has 2 N–H and O–H groups in total. The zero-order chi connectivity index (χ0) is 18.1. The van der Waals surface area contributed by atoms with Gasteiger partial charge in [-0.25, -0.2) is 4.98 Å². The van der Waals surface area contributed by atoms with Gasteiger partial charge in [-0.1, -0.05) is 30.3 Å². The number of thiazole rings is 1. The molecule has 0 aliphatic rings. The Kier molecular flexibility index (Phi) is 10.8. The van der Waals surface area contributed by atoms with E-state index in [9.17, 15) is 0 Å². The number of benzene rings is 1. The first-order valence-corrected chi connectivity index (χ1v) is 9.56. The Balaban J connectivity index is 0.00000338. The second kappa shape index (κ2) is 12.2. The molecular weight excluding hydrogens is 457 g/mol. The Hall–Kier alpha value is -1.19. The summed E-state index contributed by atoms with van der Waals surface area (Å²) in [6.07, 6.45) is 0.911. The maximum Gasteiger partial charge on any atom is 0.191 e. The van der Waals surface area contributed by atoms with Crippen LogP contribution in [0.2, 0.25) is 0 Å². The molecule has 0 bridgehead atoms.